The van der Waals surface area contributed by atoms with E-state index in [4.69, 9.17) is 0 Å². The van der Waals surface area contributed by atoms with E-state index >= 15 is 0 Å². The molecule has 0 aliphatic carbocycles. The van der Waals surface area contributed by atoms with Crippen LogP contribution in [0.15, 0.2) is 110 Å². The second-order valence-corrected chi connectivity index (χ2v) is 7.63. The van der Waals surface area contributed by atoms with Gasteiger partial charge < -0.3 is 0 Å². The summed E-state index contributed by atoms with van der Waals surface area (Å²) in [4.78, 5) is 17.9. The van der Waals surface area contributed by atoms with Crippen molar-refractivity contribution in [3.63, 3.8) is 0 Å². The molecule has 0 saturated carbocycles. The molecule has 0 spiro atoms. The summed E-state index contributed by atoms with van der Waals surface area (Å²) < 4.78 is 3.10. The molecule has 0 saturated heterocycles. The van der Waals surface area contributed by atoms with Crippen LogP contribution in [-0.4, -0.2) is 29.6 Å². The Morgan fingerprint density at radius 3 is 2.47 bits per heavy atom. The van der Waals surface area contributed by atoms with Crippen molar-refractivity contribution in [3.05, 3.63) is 101 Å². The van der Waals surface area contributed by atoms with E-state index in [0.29, 0.717) is 27.1 Å². The highest BCUT2D eigenvalue weighted by Gasteiger charge is 2.18. The molecule has 9 nitrogen and oxygen atoms in total. The van der Waals surface area contributed by atoms with Crippen LogP contribution >= 0.6 is 11.8 Å². The molecule has 0 bridgehead atoms. The van der Waals surface area contributed by atoms with Gasteiger partial charge in [0.1, 0.15) is 10.7 Å². The van der Waals surface area contributed by atoms with E-state index in [1.54, 1.807) is 23.0 Å². The summed E-state index contributed by atoms with van der Waals surface area (Å²) in [5, 5.41) is 21.5. The number of tetrazole rings is 1. The lowest BCUT2D eigenvalue weighted by Crippen LogP contribution is -2.20. The highest BCUT2D eigenvalue weighted by Crippen LogP contribution is 2.28. The Morgan fingerprint density at radius 2 is 1.66 bits per heavy atom. The molecule has 3 aromatic heterocycles. The third-order valence-electron chi connectivity index (χ3n) is 4.59. The first-order chi connectivity index (χ1) is 15.8. The van der Waals surface area contributed by atoms with Gasteiger partial charge in [-0.2, -0.15) is 14.9 Å². The monoisotopic (exact) mass is 440 g/mol. The van der Waals surface area contributed by atoms with Crippen LogP contribution in [0.4, 0.5) is 5.69 Å². The summed E-state index contributed by atoms with van der Waals surface area (Å²) in [6, 6.07) is 24.3. The van der Waals surface area contributed by atoms with Crippen molar-refractivity contribution in [1.82, 2.24) is 29.6 Å². The number of hydrogen-bond acceptors (Lipinski definition) is 8. The molecule has 156 valence electrons. The molecule has 0 unspecified atom stereocenters. The van der Waals surface area contributed by atoms with Crippen molar-refractivity contribution in [3.8, 4) is 5.69 Å². The second-order valence-electron chi connectivity index (χ2n) is 6.68. The number of azo groups is 1. The van der Waals surface area contributed by atoms with Crippen molar-refractivity contribution >= 4 is 23.1 Å². The fourth-order valence-corrected chi connectivity index (χ4v) is 3.96. The summed E-state index contributed by atoms with van der Waals surface area (Å²) >= 11 is 1.22. The van der Waals surface area contributed by atoms with Gasteiger partial charge in [-0.3, -0.25) is 9.20 Å². The number of fused-ring (bicyclic) bond motifs is 1. The van der Waals surface area contributed by atoms with Crippen molar-refractivity contribution in [2.24, 2.45) is 10.2 Å². The minimum atomic E-state index is -0.205. The summed E-state index contributed by atoms with van der Waals surface area (Å²) in [5.74, 6) is 0. The molecular weight excluding hydrogens is 424 g/mol. The Kier molecular flexibility index (Phi) is 5.50. The quantitative estimate of drug-likeness (QED) is 0.291. The van der Waals surface area contributed by atoms with Gasteiger partial charge in [-0.25, -0.2) is 4.98 Å². The Balaban J connectivity index is 1.55. The first-order valence-electron chi connectivity index (χ1n) is 9.74. The molecule has 3 heterocycles. The molecule has 0 atom stereocenters. The van der Waals surface area contributed by atoms with Gasteiger partial charge in [0.2, 0.25) is 5.16 Å². The molecular formula is C22H16N8OS. The molecule has 0 fully saturated rings. The van der Waals surface area contributed by atoms with Crippen LogP contribution in [0.5, 0.6) is 0 Å². The van der Waals surface area contributed by atoms with Gasteiger partial charge in [-0.05, 0) is 58.6 Å². The zero-order valence-corrected chi connectivity index (χ0v) is 17.5. The Morgan fingerprint density at radius 1 is 0.906 bits per heavy atom. The standard InChI is InChI=1S/C22H16N8OS/c31-21-18(15-23-25-16-9-3-1-4-10-16)20(24-19-13-7-8-14-29(19)21)32-22-26-27-28-30(22)17-11-5-2-6-12-17/h1-14H,15H2. The fraction of sp³-hybridized carbons (Fsp3) is 0.0455. The lowest BCUT2D eigenvalue weighted by atomic mass is 10.3. The average molecular weight is 440 g/mol. The minimum absolute atomic E-state index is 0.0772. The summed E-state index contributed by atoms with van der Waals surface area (Å²) in [6.07, 6.45) is 1.69. The lowest BCUT2D eigenvalue weighted by molar-refractivity contribution is 0.754. The smallest absolute Gasteiger partial charge is 0.264 e. The predicted molar refractivity (Wildman–Crippen MR) is 119 cm³/mol. The predicted octanol–water partition coefficient (Wildman–Crippen LogP) is 4.11. The van der Waals surface area contributed by atoms with Crippen LogP contribution in [-0.2, 0) is 6.54 Å². The van der Waals surface area contributed by atoms with Crippen molar-refractivity contribution in [2.75, 3.05) is 0 Å². The van der Waals surface area contributed by atoms with Crippen LogP contribution in [0.3, 0.4) is 0 Å². The fourth-order valence-electron chi connectivity index (χ4n) is 3.07. The third-order valence-corrected chi connectivity index (χ3v) is 5.56. The summed E-state index contributed by atoms with van der Waals surface area (Å²) in [5.41, 5.74) is 2.26. The molecule has 2 aromatic carbocycles. The molecule has 5 rings (SSSR count). The number of pyridine rings is 1. The number of hydrogen-bond donors (Lipinski definition) is 0. The van der Waals surface area contributed by atoms with Gasteiger partial charge in [-0.15, -0.1) is 5.10 Å². The van der Waals surface area contributed by atoms with E-state index in [0.717, 1.165) is 5.69 Å². The Hall–Kier alpha value is -4.18. The molecule has 10 heteroatoms. The van der Waals surface area contributed by atoms with E-state index < -0.39 is 0 Å². The normalized spacial score (nSPS) is 11.4. The number of benzene rings is 2. The maximum Gasteiger partial charge on any atom is 0.264 e. The van der Waals surface area contributed by atoms with Gasteiger partial charge in [0.25, 0.3) is 5.56 Å². The van der Waals surface area contributed by atoms with E-state index in [1.807, 2.05) is 66.7 Å². The minimum Gasteiger partial charge on any atom is -0.268 e. The molecule has 0 aliphatic rings. The zero-order valence-electron chi connectivity index (χ0n) is 16.7. The van der Waals surface area contributed by atoms with Crippen molar-refractivity contribution in [2.45, 2.75) is 16.7 Å². The van der Waals surface area contributed by atoms with E-state index in [2.05, 4.69) is 30.7 Å². The maximum absolute atomic E-state index is 13.2. The molecule has 0 N–H and O–H groups in total. The zero-order chi connectivity index (χ0) is 21.8. The second kappa shape index (κ2) is 8.90. The van der Waals surface area contributed by atoms with Crippen LogP contribution in [0, 0.1) is 0 Å². The van der Waals surface area contributed by atoms with Gasteiger partial charge >= 0.3 is 0 Å². The van der Waals surface area contributed by atoms with Gasteiger partial charge in [-0.1, -0.05) is 42.5 Å². The molecule has 5 aromatic rings. The first-order valence-corrected chi connectivity index (χ1v) is 10.6. The summed E-state index contributed by atoms with van der Waals surface area (Å²) in [6.45, 7) is 0.0772. The number of para-hydroxylation sites is 1. The number of aromatic nitrogens is 6. The first kappa shape index (κ1) is 19.8. The highest BCUT2D eigenvalue weighted by atomic mass is 32.2. The lowest BCUT2D eigenvalue weighted by Gasteiger charge is -2.09. The maximum atomic E-state index is 13.2. The highest BCUT2D eigenvalue weighted by molar-refractivity contribution is 7.99. The van der Waals surface area contributed by atoms with Crippen LogP contribution in [0.1, 0.15) is 5.56 Å². The Bertz CT molecular complexity index is 1450. The van der Waals surface area contributed by atoms with Gasteiger partial charge in [0.15, 0.2) is 0 Å². The average Bonchev–Trinajstić information content (AvgIpc) is 3.30. The largest absolute Gasteiger partial charge is 0.268 e. The third kappa shape index (κ3) is 4.03. The van der Waals surface area contributed by atoms with E-state index in [1.165, 1.54) is 16.2 Å². The summed E-state index contributed by atoms with van der Waals surface area (Å²) in [7, 11) is 0. The van der Waals surface area contributed by atoms with Gasteiger partial charge in [0, 0.05) is 6.20 Å². The topological polar surface area (TPSA) is 103 Å². The van der Waals surface area contributed by atoms with Gasteiger partial charge in [0.05, 0.1) is 23.5 Å². The van der Waals surface area contributed by atoms with Crippen molar-refractivity contribution < 1.29 is 0 Å². The van der Waals surface area contributed by atoms with Crippen LogP contribution < -0.4 is 5.56 Å². The van der Waals surface area contributed by atoms with E-state index in [9.17, 15) is 4.79 Å². The molecule has 0 radical (unpaired) electrons. The van der Waals surface area contributed by atoms with Crippen molar-refractivity contribution in [1.29, 1.82) is 0 Å². The molecule has 0 amide bonds. The number of nitrogens with zero attached hydrogens (tertiary/aromatic N) is 8. The van der Waals surface area contributed by atoms with E-state index in [-0.39, 0.29) is 12.1 Å². The van der Waals surface area contributed by atoms with Crippen LogP contribution in [0.25, 0.3) is 11.3 Å². The Labute approximate surface area is 186 Å². The molecule has 0 aliphatic heterocycles. The number of rotatable bonds is 6. The molecule has 32 heavy (non-hydrogen) atoms. The van der Waals surface area contributed by atoms with Crippen LogP contribution in [0.2, 0.25) is 0 Å². The SMILES string of the molecule is O=c1c(CN=Nc2ccccc2)c(Sc2nnnn2-c2ccccc2)nc2ccccn12.